The van der Waals surface area contributed by atoms with Crippen molar-refractivity contribution in [2.75, 3.05) is 72.2 Å². The van der Waals surface area contributed by atoms with E-state index in [1.807, 2.05) is 0 Å². The van der Waals surface area contributed by atoms with Crippen molar-refractivity contribution in [2.24, 2.45) is 0 Å². The van der Waals surface area contributed by atoms with Gasteiger partial charge in [-0.25, -0.2) is 0 Å². The molecule has 0 aromatic carbocycles. The molecule has 0 saturated carbocycles. The Bertz CT molecular complexity index is 380. The van der Waals surface area contributed by atoms with Gasteiger partial charge in [0.2, 0.25) is 5.91 Å². The summed E-state index contributed by atoms with van der Waals surface area (Å²) in [4.78, 5) is 19.5. The fourth-order valence-electron chi connectivity index (χ4n) is 3.92. The highest BCUT2D eigenvalue weighted by Crippen LogP contribution is 2.11. The molecule has 3 fully saturated rings. The van der Waals surface area contributed by atoms with Crippen LogP contribution < -0.4 is 0 Å². The van der Waals surface area contributed by atoms with Crippen molar-refractivity contribution in [3.63, 3.8) is 0 Å². The maximum Gasteiger partial charge on any atom is 0.236 e. The molecule has 1 unspecified atom stereocenters. The molecule has 3 heterocycles. The summed E-state index contributed by atoms with van der Waals surface area (Å²) in [6.07, 6.45) is 6.36. The van der Waals surface area contributed by atoms with Crippen LogP contribution in [0.3, 0.4) is 0 Å². The number of amides is 1. The van der Waals surface area contributed by atoms with Crippen molar-refractivity contribution in [2.45, 2.75) is 38.2 Å². The first-order valence-corrected chi connectivity index (χ1v) is 9.73. The zero-order valence-corrected chi connectivity index (χ0v) is 15.0. The second kappa shape index (κ2) is 9.70. The first-order valence-electron chi connectivity index (χ1n) is 9.73. The Morgan fingerprint density at radius 1 is 0.833 bits per heavy atom. The molecule has 138 valence electrons. The maximum atomic E-state index is 12.6. The average Bonchev–Trinajstić information content (AvgIpc) is 2.99. The van der Waals surface area contributed by atoms with Gasteiger partial charge in [-0.2, -0.15) is 0 Å². The SMILES string of the molecule is O=C(CN1CCCCCC1)N1CCCN(CC2COCCO2)CC1. The lowest BCUT2D eigenvalue weighted by atomic mass is 10.2. The Morgan fingerprint density at radius 2 is 1.62 bits per heavy atom. The normalized spacial score (nSPS) is 28.3. The number of hydrogen-bond acceptors (Lipinski definition) is 5. The van der Waals surface area contributed by atoms with Crippen LogP contribution in [0.5, 0.6) is 0 Å². The van der Waals surface area contributed by atoms with Crippen LogP contribution in [0.15, 0.2) is 0 Å². The fraction of sp³-hybridized carbons (Fsp3) is 0.944. The van der Waals surface area contributed by atoms with E-state index in [4.69, 9.17) is 9.47 Å². The number of likely N-dealkylation sites (tertiary alicyclic amines) is 1. The fourth-order valence-corrected chi connectivity index (χ4v) is 3.92. The molecule has 3 saturated heterocycles. The molecule has 24 heavy (non-hydrogen) atoms. The summed E-state index contributed by atoms with van der Waals surface area (Å²) in [5, 5.41) is 0. The molecule has 1 atom stereocenters. The summed E-state index contributed by atoms with van der Waals surface area (Å²) >= 11 is 0. The molecule has 6 nitrogen and oxygen atoms in total. The summed E-state index contributed by atoms with van der Waals surface area (Å²) in [6, 6.07) is 0. The molecular formula is C18H33N3O3. The molecule has 0 spiro atoms. The lowest BCUT2D eigenvalue weighted by Gasteiger charge is -2.29. The summed E-state index contributed by atoms with van der Waals surface area (Å²) in [5.41, 5.74) is 0. The van der Waals surface area contributed by atoms with Gasteiger partial charge in [-0.3, -0.25) is 14.6 Å². The second-order valence-electron chi connectivity index (χ2n) is 7.29. The smallest absolute Gasteiger partial charge is 0.236 e. The Kier molecular flexibility index (Phi) is 7.32. The quantitative estimate of drug-likeness (QED) is 0.759. The number of hydrogen-bond donors (Lipinski definition) is 0. The first kappa shape index (κ1) is 18.1. The minimum atomic E-state index is 0.193. The van der Waals surface area contributed by atoms with Crippen LogP contribution in [0.25, 0.3) is 0 Å². The van der Waals surface area contributed by atoms with Crippen molar-refractivity contribution in [3.8, 4) is 0 Å². The standard InChI is InChI=1S/C18H33N3O3/c22-18(15-19-6-3-1-2-4-7-19)21-9-5-8-20(10-11-21)14-17-16-23-12-13-24-17/h17H,1-16H2. The van der Waals surface area contributed by atoms with Gasteiger partial charge in [0, 0.05) is 26.2 Å². The van der Waals surface area contributed by atoms with Crippen LogP contribution >= 0.6 is 0 Å². The zero-order chi connectivity index (χ0) is 16.6. The van der Waals surface area contributed by atoms with E-state index in [0.29, 0.717) is 25.7 Å². The van der Waals surface area contributed by atoms with Crippen molar-refractivity contribution in [1.29, 1.82) is 0 Å². The summed E-state index contributed by atoms with van der Waals surface area (Å²) < 4.78 is 11.2. The monoisotopic (exact) mass is 339 g/mol. The van der Waals surface area contributed by atoms with E-state index in [1.54, 1.807) is 0 Å². The molecule has 0 N–H and O–H groups in total. The van der Waals surface area contributed by atoms with Gasteiger partial charge in [0.15, 0.2) is 0 Å². The molecule has 0 bridgehead atoms. The van der Waals surface area contributed by atoms with Crippen LogP contribution in [0.2, 0.25) is 0 Å². The number of carbonyl (C=O) groups is 1. The van der Waals surface area contributed by atoms with Gasteiger partial charge < -0.3 is 14.4 Å². The highest BCUT2D eigenvalue weighted by molar-refractivity contribution is 5.78. The van der Waals surface area contributed by atoms with E-state index >= 15 is 0 Å². The predicted octanol–water partition coefficient (Wildman–Crippen LogP) is 0.812. The highest BCUT2D eigenvalue weighted by Gasteiger charge is 2.24. The van der Waals surface area contributed by atoms with Gasteiger partial charge in [0.05, 0.1) is 32.5 Å². The molecule has 0 aromatic heterocycles. The molecule has 1 amide bonds. The van der Waals surface area contributed by atoms with Crippen molar-refractivity contribution >= 4 is 5.91 Å². The summed E-state index contributed by atoms with van der Waals surface area (Å²) in [6.45, 7) is 9.58. The number of nitrogens with zero attached hydrogens (tertiary/aromatic N) is 3. The van der Waals surface area contributed by atoms with Crippen molar-refractivity contribution in [3.05, 3.63) is 0 Å². The van der Waals surface area contributed by atoms with Crippen LogP contribution in [0.1, 0.15) is 32.1 Å². The Balaban J connectivity index is 1.41. The molecule has 0 radical (unpaired) electrons. The van der Waals surface area contributed by atoms with Crippen LogP contribution in [0, 0.1) is 0 Å². The van der Waals surface area contributed by atoms with Crippen LogP contribution in [0.4, 0.5) is 0 Å². The summed E-state index contributed by atoms with van der Waals surface area (Å²) in [7, 11) is 0. The number of carbonyl (C=O) groups excluding carboxylic acids is 1. The lowest BCUT2D eigenvalue weighted by molar-refractivity contribution is -0.132. The summed E-state index contributed by atoms with van der Waals surface area (Å²) in [5.74, 6) is 0.316. The van der Waals surface area contributed by atoms with Gasteiger partial charge in [-0.1, -0.05) is 12.8 Å². The minimum absolute atomic E-state index is 0.193. The van der Waals surface area contributed by atoms with Crippen molar-refractivity contribution in [1.82, 2.24) is 14.7 Å². The Hall–Kier alpha value is -0.690. The zero-order valence-electron chi connectivity index (χ0n) is 15.0. The number of rotatable bonds is 4. The second-order valence-corrected chi connectivity index (χ2v) is 7.29. The van der Waals surface area contributed by atoms with E-state index in [0.717, 1.165) is 58.8 Å². The maximum absolute atomic E-state index is 12.6. The minimum Gasteiger partial charge on any atom is -0.376 e. The van der Waals surface area contributed by atoms with E-state index in [2.05, 4.69) is 14.7 Å². The predicted molar refractivity (Wildman–Crippen MR) is 93.1 cm³/mol. The molecule has 3 rings (SSSR count). The van der Waals surface area contributed by atoms with E-state index in [9.17, 15) is 4.79 Å². The third kappa shape index (κ3) is 5.69. The largest absolute Gasteiger partial charge is 0.376 e. The van der Waals surface area contributed by atoms with E-state index in [1.165, 1.54) is 25.7 Å². The van der Waals surface area contributed by atoms with Gasteiger partial charge in [0.1, 0.15) is 0 Å². The topological polar surface area (TPSA) is 45.3 Å². The molecule has 6 heteroatoms. The lowest BCUT2D eigenvalue weighted by Crippen LogP contribution is -2.44. The van der Waals surface area contributed by atoms with Gasteiger partial charge in [-0.05, 0) is 38.9 Å². The molecule has 3 aliphatic heterocycles. The van der Waals surface area contributed by atoms with E-state index < -0.39 is 0 Å². The molecule has 3 aliphatic rings. The molecule has 0 aromatic rings. The van der Waals surface area contributed by atoms with Crippen molar-refractivity contribution < 1.29 is 14.3 Å². The number of ether oxygens (including phenoxy) is 2. The first-order chi connectivity index (χ1) is 11.8. The van der Waals surface area contributed by atoms with Gasteiger partial charge in [0.25, 0.3) is 0 Å². The Labute approximate surface area is 146 Å². The van der Waals surface area contributed by atoms with Crippen LogP contribution in [-0.2, 0) is 14.3 Å². The van der Waals surface area contributed by atoms with Crippen LogP contribution in [-0.4, -0.2) is 98.9 Å². The van der Waals surface area contributed by atoms with Gasteiger partial charge >= 0.3 is 0 Å². The average molecular weight is 339 g/mol. The highest BCUT2D eigenvalue weighted by atomic mass is 16.6. The Morgan fingerprint density at radius 3 is 2.38 bits per heavy atom. The molecule has 0 aliphatic carbocycles. The van der Waals surface area contributed by atoms with Gasteiger partial charge in [-0.15, -0.1) is 0 Å². The molecular weight excluding hydrogens is 306 g/mol. The van der Waals surface area contributed by atoms with E-state index in [-0.39, 0.29) is 6.10 Å². The third-order valence-electron chi connectivity index (χ3n) is 5.35. The third-order valence-corrected chi connectivity index (χ3v) is 5.35.